The minimum Gasteiger partial charge on any atom is -0.352 e. The van der Waals surface area contributed by atoms with Gasteiger partial charge in [0.15, 0.2) is 11.6 Å². The molecule has 2 atom stereocenters. The van der Waals surface area contributed by atoms with Crippen LogP contribution in [0.15, 0.2) is 12.3 Å². The van der Waals surface area contributed by atoms with Gasteiger partial charge in [-0.2, -0.15) is 0 Å². The first kappa shape index (κ1) is 14.7. The van der Waals surface area contributed by atoms with E-state index in [-0.39, 0.29) is 11.4 Å². The summed E-state index contributed by atoms with van der Waals surface area (Å²) < 4.78 is 13.9. The van der Waals surface area contributed by atoms with E-state index in [1.165, 1.54) is 31.5 Å². The summed E-state index contributed by atoms with van der Waals surface area (Å²) in [5.41, 5.74) is 2.11. The average molecular weight is 280 g/mol. The van der Waals surface area contributed by atoms with E-state index < -0.39 is 11.7 Å². The van der Waals surface area contributed by atoms with Crippen molar-refractivity contribution < 1.29 is 9.18 Å². The number of nitrogens with zero attached hydrogens (tertiary/aromatic N) is 1. The second kappa shape index (κ2) is 6.65. The van der Waals surface area contributed by atoms with Gasteiger partial charge in [-0.05, 0) is 24.3 Å². The van der Waals surface area contributed by atoms with E-state index >= 15 is 0 Å². The van der Waals surface area contributed by atoms with Crippen LogP contribution in [0.25, 0.3) is 0 Å². The first-order valence-corrected chi connectivity index (χ1v) is 7.02. The zero-order valence-electron chi connectivity index (χ0n) is 11.7. The van der Waals surface area contributed by atoms with Crippen LogP contribution >= 0.6 is 0 Å². The molecule has 1 aromatic rings. The third kappa shape index (κ3) is 3.25. The normalized spacial score (nSPS) is 22.4. The molecular weight excluding hydrogens is 259 g/mol. The van der Waals surface area contributed by atoms with E-state index in [0.717, 1.165) is 6.42 Å². The second-order valence-electron chi connectivity index (χ2n) is 5.40. The smallest absolute Gasteiger partial charge is 0.254 e. The highest BCUT2D eigenvalue weighted by Crippen LogP contribution is 2.28. The van der Waals surface area contributed by atoms with Gasteiger partial charge in [-0.25, -0.2) is 15.2 Å². The number of halogens is 1. The van der Waals surface area contributed by atoms with E-state index in [0.29, 0.717) is 18.4 Å². The highest BCUT2D eigenvalue weighted by atomic mass is 19.1. The Kier molecular flexibility index (Phi) is 4.89. The van der Waals surface area contributed by atoms with Crippen LogP contribution in [0.5, 0.6) is 0 Å². The molecule has 6 heteroatoms. The number of nitrogens with two attached hydrogens (primary N) is 1. The molecule has 1 fully saturated rings. The number of pyridine rings is 1. The molecule has 0 aliphatic heterocycles. The summed E-state index contributed by atoms with van der Waals surface area (Å²) in [6.45, 7) is 2.80. The average Bonchev–Trinajstić information content (AvgIpc) is 2.46. The number of carbonyl (C=O) groups excluding carboxylic acids is 1. The number of carbonyl (C=O) groups is 1. The van der Waals surface area contributed by atoms with Crippen LogP contribution in [0.3, 0.4) is 0 Å². The highest BCUT2D eigenvalue weighted by Gasteiger charge is 2.23. The van der Waals surface area contributed by atoms with Crippen molar-refractivity contribution in [3.8, 4) is 0 Å². The van der Waals surface area contributed by atoms with Gasteiger partial charge >= 0.3 is 0 Å². The number of aromatic nitrogens is 1. The Bertz CT molecular complexity index is 480. The standard InChI is InChI=1S/C14H21FN4O/c1-9-4-2-3-5-10(9)8-18-14(20)11-6-7-17-13(19-16)12(11)15/h6-7,9-10H,2-5,8,16H2,1H3,(H,17,19)(H,18,20). The van der Waals surface area contributed by atoms with Gasteiger partial charge in [0.25, 0.3) is 5.91 Å². The Morgan fingerprint density at radius 2 is 2.25 bits per heavy atom. The Morgan fingerprint density at radius 3 is 2.95 bits per heavy atom. The van der Waals surface area contributed by atoms with Crippen LogP contribution < -0.4 is 16.6 Å². The third-order valence-electron chi connectivity index (χ3n) is 4.08. The zero-order chi connectivity index (χ0) is 14.5. The molecule has 0 radical (unpaired) electrons. The first-order chi connectivity index (χ1) is 9.63. The summed E-state index contributed by atoms with van der Waals surface area (Å²) in [6, 6.07) is 1.36. The van der Waals surface area contributed by atoms with Crippen LogP contribution in [-0.4, -0.2) is 17.4 Å². The topological polar surface area (TPSA) is 80.0 Å². The van der Waals surface area contributed by atoms with Gasteiger partial charge in [0, 0.05) is 12.7 Å². The lowest BCUT2D eigenvalue weighted by Crippen LogP contribution is -2.34. The lowest BCUT2D eigenvalue weighted by Gasteiger charge is -2.28. The van der Waals surface area contributed by atoms with Gasteiger partial charge < -0.3 is 10.7 Å². The monoisotopic (exact) mass is 280 g/mol. The van der Waals surface area contributed by atoms with Crippen LogP contribution in [0.4, 0.5) is 10.2 Å². The molecule has 0 spiro atoms. The molecule has 1 heterocycles. The summed E-state index contributed by atoms with van der Waals surface area (Å²) in [5.74, 6) is 4.97. The number of hydrazine groups is 1. The van der Waals surface area contributed by atoms with E-state index in [4.69, 9.17) is 5.84 Å². The van der Waals surface area contributed by atoms with Gasteiger partial charge in [-0.15, -0.1) is 0 Å². The molecule has 0 saturated heterocycles. The third-order valence-corrected chi connectivity index (χ3v) is 4.08. The molecule has 1 saturated carbocycles. The van der Waals surface area contributed by atoms with Crippen molar-refractivity contribution in [2.45, 2.75) is 32.6 Å². The number of rotatable bonds is 4. The van der Waals surface area contributed by atoms with E-state index in [1.807, 2.05) is 0 Å². The van der Waals surface area contributed by atoms with E-state index in [9.17, 15) is 9.18 Å². The summed E-state index contributed by atoms with van der Waals surface area (Å²) in [7, 11) is 0. The van der Waals surface area contributed by atoms with Crippen LogP contribution in [0.2, 0.25) is 0 Å². The summed E-state index contributed by atoms with van der Waals surface area (Å²) in [4.78, 5) is 15.7. The molecule has 1 amide bonds. The molecule has 4 N–H and O–H groups in total. The molecule has 1 aliphatic carbocycles. The molecule has 1 aromatic heterocycles. The van der Waals surface area contributed by atoms with E-state index in [2.05, 4.69) is 22.7 Å². The number of nitrogens with one attached hydrogen (secondary N) is 2. The largest absolute Gasteiger partial charge is 0.352 e. The maximum absolute atomic E-state index is 13.9. The van der Waals surface area contributed by atoms with Gasteiger partial charge in [-0.1, -0.05) is 26.2 Å². The van der Waals surface area contributed by atoms with Crippen LogP contribution in [0.1, 0.15) is 43.0 Å². The SMILES string of the molecule is CC1CCCCC1CNC(=O)c1ccnc(NN)c1F. The lowest BCUT2D eigenvalue weighted by atomic mass is 9.80. The fourth-order valence-electron chi connectivity index (χ4n) is 2.74. The van der Waals surface area contributed by atoms with Gasteiger partial charge in [0.1, 0.15) is 0 Å². The Hall–Kier alpha value is -1.69. The molecule has 2 unspecified atom stereocenters. The quantitative estimate of drug-likeness (QED) is 0.582. The van der Waals surface area contributed by atoms with Crippen molar-refractivity contribution in [2.24, 2.45) is 17.7 Å². The predicted octanol–water partition coefficient (Wildman–Crippen LogP) is 2.06. The fraction of sp³-hybridized carbons (Fsp3) is 0.571. The summed E-state index contributed by atoms with van der Waals surface area (Å²) in [6.07, 6.45) is 6.14. The minimum atomic E-state index is -0.718. The van der Waals surface area contributed by atoms with Crippen molar-refractivity contribution in [3.63, 3.8) is 0 Å². The van der Waals surface area contributed by atoms with Crippen molar-refractivity contribution in [1.29, 1.82) is 0 Å². The highest BCUT2D eigenvalue weighted by molar-refractivity contribution is 5.95. The Labute approximate surface area is 118 Å². The molecule has 5 nitrogen and oxygen atoms in total. The minimum absolute atomic E-state index is 0.0311. The number of hydrogen-bond acceptors (Lipinski definition) is 4. The summed E-state index contributed by atoms with van der Waals surface area (Å²) in [5, 5.41) is 2.82. The Morgan fingerprint density at radius 1 is 1.50 bits per heavy atom. The lowest BCUT2D eigenvalue weighted by molar-refractivity contribution is 0.0932. The maximum atomic E-state index is 13.9. The van der Waals surface area contributed by atoms with Crippen molar-refractivity contribution in [1.82, 2.24) is 10.3 Å². The molecule has 2 rings (SSSR count). The molecule has 0 aromatic carbocycles. The first-order valence-electron chi connectivity index (χ1n) is 7.02. The molecule has 110 valence electrons. The van der Waals surface area contributed by atoms with Crippen molar-refractivity contribution in [2.75, 3.05) is 12.0 Å². The summed E-state index contributed by atoms with van der Waals surface area (Å²) >= 11 is 0. The molecular formula is C14H21FN4O. The number of nitrogen functional groups attached to an aromatic ring is 1. The van der Waals surface area contributed by atoms with Crippen LogP contribution in [0, 0.1) is 17.7 Å². The van der Waals surface area contributed by atoms with Gasteiger partial charge in [0.05, 0.1) is 5.56 Å². The number of anilines is 1. The van der Waals surface area contributed by atoms with Crippen molar-refractivity contribution in [3.05, 3.63) is 23.6 Å². The zero-order valence-corrected chi connectivity index (χ0v) is 11.7. The maximum Gasteiger partial charge on any atom is 0.254 e. The molecule has 0 bridgehead atoms. The van der Waals surface area contributed by atoms with Gasteiger partial charge in [-0.3, -0.25) is 4.79 Å². The fourth-order valence-corrected chi connectivity index (χ4v) is 2.74. The Balaban J connectivity index is 1.98. The number of amides is 1. The predicted molar refractivity (Wildman–Crippen MR) is 75.5 cm³/mol. The van der Waals surface area contributed by atoms with Crippen molar-refractivity contribution >= 4 is 11.7 Å². The second-order valence-corrected chi connectivity index (χ2v) is 5.40. The van der Waals surface area contributed by atoms with E-state index in [1.54, 1.807) is 0 Å². The molecule has 20 heavy (non-hydrogen) atoms. The number of hydrogen-bond donors (Lipinski definition) is 3. The molecule has 1 aliphatic rings. The van der Waals surface area contributed by atoms with Gasteiger partial charge in [0.2, 0.25) is 0 Å². The van der Waals surface area contributed by atoms with Crippen LogP contribution in [-0.2, 0) is 0 Å².